The lowest BCUT2D eigenvalue weighted by Crippen LogP contribution is -2.25. The highest BCUT2D eigenvalue weighted by atomic mass is 35.5. The third kappa shape index (κ3) is 4.05. The van der Waals surface area contributed by atoms with Crippen molar-refractivity contribution >= 4 is 17.4 Å². The summed E-state index contributed by atoms with van der Waals surface area (Å²) in [5.41, 5.74) is -0.757. The minimum Gasteiger partial charge on any atom is -0.357 e. The van der Waals surface area contributed by atoms with Gasteiger partial charge in [-0.15, -0.1) is 0 Å². The van der Waals surface area contributed by atoms with Crippen molar-refractivity contribution in [1.29, 1.82) is 0 Å². The molecule has 1 heterocycles. The van der Waals surface area contributed by atoms with Crippen molar-refractivity contribution in [2.75, 3.05) is 18.0 Å². The predicted octanol–water partition coefficient (Wildman–Crippen LogP) is 4.38. The molecule has 0 atom stereocenters. The zero-order valence-electron chi connectivity index (χ0n) is 10.4. The second-order valence-electron chi connectivity index (χ2n) is 3.97. The van der Waals surface area contributed by atoms with Crippen molar-refractivity contribution in [2.45, 2.75) is 32.9 Å². The number of hydrogen-bond donors (Lipinski definition) is 0. The third-order valence-electron chi connectivity index (χ3n) is 2.60. The molecule has 0 N–H and O–H groups in total. The van der Waals surface area contributed by atoms with Crippen LogP contribution in [0.15, 0.2) is 12.1 Å². The maximum Gasteiger partial charge on any atom is 0.416 e. The average molecular weight is 281 g/mol. The van der Waals surface area contributed by atoms with Crippen LogP contribution in [0.25, 0.3) is 0 Å². The lowest BCUT2D eigenvalue weighted by Gasteiger charge is -2.22. The first-order valence-corrected chi connectivity index (χ1v) is 6.26. The van der Waals surface area contributed by atoms with E-state index < -0.39 is 11.7 Å². The summed E-state index contributed by atoms with van der Waals surface area (Å²) in [5.74, 6) is 0.283. The molecule has 0 aliphatic carbocycles. The fourth-order valence-electron chi connectivity index (χ4n) is 1.59. The SMILES string of the molecule is CCCCN(CC)c1cc(C(F)(F)F)cc(Cl)n1. The van der Waals surface area contributed by atoms with Gasteiger partial charge in [0.05, 0.1) is 5.56 Å². The van der Waals surface area contributed by atoms with Crippen LogP contribution in [0.4, 0.5) is 19.0 Å². The number of aromatic nitrogens is 1. The molecule has 0 aromatic carbocycles. The standard InChI is InChI=1S/C12H16ClF3N2/c1-3-5-6-18(4-2)11-8-9(12(14,15)16)7-10(13)17-11/h7-8H,3-6H2,1-2H3. The van der Waals surface area contributed by atoms with Crippen LogP contribution in [0.3, 0.4) is 0 Å². The number of halogens is 4. The molecule has 1 aromatic heterocycles. The van der Waals surface area contributed by atoms with Crippen LogP contribution in [0, 0.1) is 0 Å². The van der Waals surface area contributed by atoms with E-state index >= 15 is 0 Å². The Morgan fingerprint density at radius 2 is 1.94 bits per heavy atom. The number of hydrogen-bond acceptors (Lipinski definition) is 2. The smallest absolute Gasteiger partial charge is 0.357 e. The third-order valence-corrected chi connectivity index (χ3v) is 2.79. The highest BCUT2D eigenvalue weighted by Crippen LogP contribution is 2.32. The molecule has 0 radical (unpaired) electrons. The van der Waals surface area contributed by atoms with E-state index in [1.54, 1.807) is 4.90 Å². The zero-order chi connectivity index (χ0) is 13.8. The number of unbranched alkanes of at least 4 members (excludes halogenated alkanes) is 1. The first kappa shape index (κ1) is 15.1. The van der Waals surface area contributed by atoms with Gasteiger partial charge in [-0.3, -0.25) is 0 Å². The minimum absolute atomic E-state index is 0.130. The maximum absolute atomic E-state index is 12.7. The Morgan fingerprint density at radius 1 is 1.28 bits per heavy atom. The van der Waals surface area contributed by atoms with Gasteiger partial charge in [-0.1, -0.05) is 24.9 Å². The van der Waals surface area contributed by atoms with E-state index in [1.165, 1.54) is 0 Å². The van der Waals surface area contributed by atoms with Crippen LogP contribution in [0.1, 0.15) is 32.3 Å². The molecular formula is C12H16ClF3N2. The average Bonchev–Trinajstić information content (AvgIpc) is 2.28. The maximum atomic E-state index is 12.7. The molecular weight excluding hydrogens is 265 g/mol. The van der Waals surface area contributed by atoms with Gasteiger partial charge in [-0.05, 0) is 25.5 Å². The molecule has 6 heteroatoms. The second-order valence-corrected chi connectivity index (χ2v) is 4.35. The van der Waals surface area contributed by atoms with Crippen molar-refractivity contribution in [3.05, 3.63) is 22.8 Å². The summed E-state index contributed by atoms with van der Waals surface area (Å²) in [7, 11) is 0. The van der Waals surface area contributed by atoms with Crippen LogP contribution in [-0.2, 0) is 6.18 Å². The molecule has 0 amide bonds. The second kappa shape index (κ2) is 6.27. The van der Waals surface area contributed by atoms with Gasteiger partial charge in [-0.25, -0.2) is 4.98 Å². The van der Waals surface area contributed by atoms with Gasteiger partial charge in [0.1, 0.15) is 11.0 Å². The lowest BCUT2D eigenvalue weighted by atomic mass is 10.2. The molecule has 0 bridgehead atoms. The van der Waals surface area contributed by atoms with Gasteiger partial charge in [0.25, 0.3) is 0 Å². The zero-order valence-corrected chi connectivity index (χ0v) is 11.1. The van der Waals surface area contributed by atoms with Crippen molar-refractivity contribution in [3.63, 3.8) is 0 Å². The Bertz CT molecular complexity index is 393. The predicted molar refractivity (Wildman–Crippen MR) is 67.0 cm³/mol. The summed E-state index contributed by atoms with van der Waals surface area (Å²) in [6.45, 7) is 5.19. The topological polar surface area (TPSA) is 16.1 Å². The Hall–Kier alpha value is -0.970. The van der Waals surface area contributed by atoms with Crippen molar-refractivity contribution < 1.29 is 13.2 Å². The number of alkyl halides is 3. The molecule has 0 aliphatic rings. The minimum atomic E-state index is -4.40. The van der Waals surface area contributed by atoms with E-state index in [4.69, 9.17) is 11.6 Å². The quantitative estimate of drug-likeness (QED) is 0.744. The first-order valence-electron chi connectivity index (χ1n) is 5.88. The van der Waals surface area contributed by atoms with Crippen molar-refractivity contribution in [1.82, 2.24) is 4.98 Å². The Labute approximate surface area is 110 Å². The van der Waals surface area contributed by atoms with Crippen LogP contribution >= 0.6 is 11.6 Å². The molecule has 1 aromatic rings. The number of pyridine rings is 1. The van der Waals surface area contributed by atoms with Gasteiger partial charge >= 0.3 is 6.18 Å². The monoisotopic (exact) mass is 280 g/mol. The lowest BCUT2D eigenvalue weighted by molar-refractivity contribution is -0.137. The van der Waals surface area contributed by atoms with Crippen molar-refractivity contribution in [3.8, 4) is 0 Å². The molecule has 0 saturated carbocycles. The first-order chi connectivity index (χ1) is 8.38. The Balaban J connectivity index is 3.04. The van der Waals surface area contributed by atoms with Gasteiger partial charge in [0.2, 0.25) is 0 Å². The Kier molecular flexibility index (Phi) is 5.26. The molecule has 0 fully saturated rings. The van der Waals surface area contributed by atoms with Crippen molar-refractivity contribution in [2.24, 2.45) is 0 Å². The summed E-state index contributed by atoms with van der Waals surface area (Å²) in [6, 6.07) is 1.89. The van der Waals surface area contributed by atoms with Crippen LogP contribution in [0.2, 0.25) is 5.15 Å². The van der Waals surface area contributed by atoms with E-state index in [2.05, 4.69) is 4.98 Å². The van der Waals surface area contributed by atoms with Gasteiger partial charge in [0, 0.05) is 13.1 Å². The van der Waals surface area contributed by atoms with E-state index in [-0.39, 0.29) is 11.0 Å². The Morgan fingerprint density at radius 3 is 2.44 bits per heavy atom. The number of rotatable bonds is 5. The van der Waals surface area contributed by atoms with Crippen LogP contribution in [-0.4, -0.2) is 18.1 Å². The summed E-state index contributed by atoms with van der Waals surface area (Å²) < 4.78 is 38.0. The molecule has 2 nitrogen and oxygen atoms in total. The molecule has 0 aliphatic heterocycles. The van der Waals surface area contributed by atoms with E-state index in [1.807, 2.05) is 13.8 Å². The molecule has 18 heavy (non-hydrogen) atoms. The largest absolute Gasteiger partial charge is 0.416 e. The fraction of sp³-hybridized carbons (Fsp3) is 0.583. The normalized spacial score (nSPS) is 11.7. The van der Waals surface area contributed by atoms with Crippen LogP contribution in [0.5, 0.6) is 0 Å². The van der Waals surface area contributed by atoms with E-state index in [0.717, 1.165) is 25.0 Å². The molecule has 102 valence electrons. The molecule has 0 unspecified atom stereocenters. The number of nitrogens with zero attached hydrogens (tertiary/aromatic N) is 2. The van der Waals surface area contributed by atoms with E-state index in [9.17, 15) is 13.2 Å². The summed E-state index contributed by atoms with van der Waals surface area (Å²) in [4.78, 5) is 5.76. The number of anilines is 1. The molecule has 0 saturated heterocycles. The summed E-state index contributed by atoms with van der Waals surface area (Å²) in [6.07, 6.45) is -2.52. The summed E-state index contributed by atoms with van der Waals surface area (Å²) in [5, 5.41) is -0.130. The summed E-state index contributed by atoms with van der Waals surface area (Å²) >= 11 is 5.65. The molecule has 1 rings (SSSR count). The van der Waals surface area contributed by atoms with Gasteiger partial charge in [0.15, 0.2) is 0 Å². The highest BCUT2D eigenvalue weighted by Gasteiger charge is 2.32. The molecule has 0 spiro atoms. The van der Waals surface area contributed by atoms with E-state index in [0.29, 0.717) is 13.1 Å². The highest BCUT2D eigenvalue weighted by molar-refractivity contribution is 6.29. The van der Waals surface area contributed by atoms with Gasteiger partial charge < -0.3 is 4.90 Å². The fourth-order valence-corrected chi connectivity index (χ4v) is 1.80. The van der Waals surface area contributed by atoms with Crippen LogP contribution < -0.4 is 4.90 Å². The van der Waals surface area contributed by atoms with Gasteiger partial charge in [-0.2, -0.15) is 13.2 Å².